The molecule has 0 bridgehead atoms. The maximum absolute atomic E-state index is 12.0. The number of carbonyl (C=O) groups is 2. The van der Waals surface area contributed by atoms with Crippen LogP contribution in [0.4, 0.5) is 5.13 Å². The van der Waals surface area contributed by atoms with Gasteiger partial charge in [-0.3, -0.25) is 10.1 Å². The number of benzene rings is 2. The molecular weight excluding hydrogens is 388 g/mol. The number of rotatable bonds is 6. The zero-order chi connectivity index (χ0) is 20.1. The average molecular weight is 404 g/mol. The Bertz CT molecular complexity index is 1100. The molecule has 1 amide bonds. The van der Waals surface area contributed by atoms with Crippen LogP contribution in [0.3, 0.4) is 0 Å². The zero-order valence-electron chi connectivity index (χ0n) is 15.2. The number of carbonyl (C=O) groups excluding carboxylic acids is 2. The first-order valence-corrected chi connectivity index (χ1v) is 9.69. The third kappa shape index (κ3) is 4.59. The normalized spacial score (nSPS) is 10.5. The molecule has 0 aliphatic carbocycles. The van der Waals surface area contributed by atoms with Gasteiger partial charge in [0.1, 0.15) is 0 Å². The lowest BCUT2D eigenvalue weighted by Crippen LogP contribution is -2.20. The highest BCUT2D eigenvalue weighted by molar-refractivity contribution is 7.14. The van der Waals surface area contributed by atoms with Gasteiger partial charge in [0, 0.05) is 10.9 Å². The van der Waals surface area contributed by atoms with Crippen LogP contribution in [0.25, 0.3) is 22.4 Å². The maximum atomic E-state index is 12.0. The minimum Gasteiger partial charge on any atom is -0.457 e. The molecule has 0 unspecified atom stereocenters. The average Bonchev–Trinajstić information content (AvgIpc) is 3.45. The van der Waals surface area contributed by atoms with Crippen LogP contribution in [0.2, 0.25) is 0 Å². The summed E-state index contributed by atoms with van der Waals surface area (Å²) in [4.78, 5) is 28.1. The van der Waals surface area contributed by atoms with Crippen molar-refractivity contribution in [2.24, 2.45) is 0 Å². The molecule has 2 aromatic carbocycles. The van der Waals surface area contributed by atoms with Crippen molar-refractivity contribution in [3.63, 3.8) is 0 Å². The predicted octanol–water partition coefficient (Wildman–Crippen LogP) is 4.87. The number of amides is 1. The van der Waals surface area contributed by atoms with Gasteiger partial charge in [-0.1, -0.05) is 54.6 Å². The van der Waals surface area contributed by atoms with Gasteiger partial charge in [0.05, 0.1) is 12.0 Å². The van der Waals surface area contributed by atoms with Crippen molar-refractivity contribution in [3.8, 4) is 22.4 Å². The lowest BCUT2D eigenvalue weighted by Gasteiger charge is -2.03. The van der Waals surface area contributed by atoms with E-state index in [1.54, 1.807) is 6.07 Å². The van der Waals surface area contributed by atoms with Gasteiger partial charge < -0.3 is 9.15 Å². The highest BCUT2D eigenvalue weighted by Crippen LogP contribution is 2.27. The van der Waals surface area contributed by atoms with E-state index in [4.69, 9.17) is 9.15 Å². The minimum absolute atomic E-state index is 0.0493. The number of esters is 1. The standard InChI is InChI=1S/C22H16N2O4S/c25-20(13-28-21(26)19-7-4-12-27-19)24-22-23-18(14-29-22)17-10-8-16(9-11-17)15-5-2-1-3-6-15/h1-12,14H,13H2,(H,23,24,25). The van der Waals surface area contributed by atoms with Crippen LogP contribution in [0.5, 0.6) is 0 Å². The molecule has 4 rings (SSSR count). The van der Waals surface area contributed by atoms with Crippen LogP contribution in [-0.2, 0) is 9.53 Å². The summed E-state index contributed by atoms with van der Waals surface area (Å²) in [7, 11) is 0. The number of hydrogen-bond acceptors (Lipinski definition) is 6. The third-order valence-corrected chi connectivity index (χ3v) is 4.85. The maximum Gasteiger partial charge on any atom is 0.374 e. The van der Waals surface area contributed by atoms with Crippen molar-refractivity contribution in [3.05, 3.63) is 84.1 Å². The van der Waals surface area contributed by atoms with Gasteiger partial charge in [-0.25, -0.2) is 9.78 Å². The molecule has 6 nitrogen and oxygen atoms in total. The number of anilines is 1. The van der Waals surface area contributed by atoms with E-state index < -0.39 is 18.5 Å². The SMILES string of the molecule is O=C(COC(=O)c1ccco1)Nc1nc(-c2ccc(-c3ccccc3)cc2)cs1. The topological polar surface area (TPSA) is 81.4 Å². The highest BCUT2D eigenvalue weighted by atomic mass is 32.1. The van der Waals surface area contributed by atoms with Crippen LogP contribution in [0, 0.1) is 0 Å². The summed E-state index contributed by atoms with van der Waals surface area (Å²) in [6, 6.07) is 21.2. The number of thiazole rings is 1. The van der Waals surface area contributed by atoms with E-state index in [9.17, 15) is 9.59 Å². The molecule has 2 aromatic heterocycles. The monoisotopic (exact) mass is 404 g/mol. The van der Waals surface area contributed by atoms with Crippen molar-refractivity contribution in [2.45, 2.75) is 0 Å². The molecule has 0 fully saturated rings. The van der Waals surface area contributed by atoms with E-state index in [0.29, 0.717) is 5.13 Å². The second-order valence-corrected chi connectivity index (χ2v) is 6.94. The number of hydrogen-bond donors (Lipinski definition) is 1. The first-order chi connectivity index (χ1) is 14.2. The summed E-state index contributed by atoms with van der Waals surface area (Å²) in [5.74, 6) is -1.11. The molecule has 0 aliphatic heterocycles. The number of furan rings is 1. The molecule has 0 spiro atoms. The summed E-state index contributed by atoms with van der Waals surface area (Å²) >= 11 is 1.30. The van der Waals surface area contributed by atoms with E-state index in [1.807, 2.05) is 47.8 Å². The Morgan fingerprint density at radius 2 is 1.66 bits per heavy atom. The molecule has 4 aromatic rings. The first kappa shape index (κ1) is 18.6. The van der Waals surface area contributed by atoms with Gasteiger partial charge in [-0.05, 0) is 23.3 Å². The van der Waals surface area contributed by atoms with Gasteiger partial charge in [0.2, 0.25) is 5.76 Å². The van der Waals surface area contributed by atoms with Crippen LogP contribution < -0.4 is 5.32 Å². The van der Waals surface area contributed by atoms with Crippen molar-refractivity contribution < 1.29 is 18.7 Å². The molecule has 0 radical (unpaired) electrons. The second kappa shape index (κ2) is 8.53. The van der Waals surface area contributed by atoms with Crippen molar-refractivity contribution in [1.29, 1.82) is 0 Å². The molecule has 0 aliphatic rings. The van der Waals surface area contributed by atoms with E-state index >= 15 is 0 Å². The third-order valence-electron chi connectivity index (χ3n) is 4.10. The fourth-order valence-electron chi connectivity index (χ4n) is 2.68. The van der Waals surface area contributed by atoms with Crippen LogP contribution in [-0.4, -0.2) is 23.5 Å². The van der Waals surface area contributed by atoms with Crippen molar-refractivity contribution >= 4 is 28.3 Å². The number of aromatic nitrogens is 1. The Morgan fingerprint density at radius 3 is 2.38 bits per heavy atom. The lowest BCUT2D eigenvalue weighted by molar-refractivity contribution is -0.119. The van der Waals surface area contributed by atoms with Gasteiger partial charge in [-0.15, -0.1) is 11.3 Å². The summed E-state index contributed by atoms with van der Waals surface area (Å²) in [5, 5.41) is 4.93. The van der Waals surface area contributed by atoms with Gasteiger partial charge in [0.15, 0.2) is 11.7 Å². The number of ether oxygens (including phenoxy) is 1. The smallest absolute Gasteiger partial charge is 0.374 e. The van der Waals surface area contributed by atoms with Gasteiger partial charge in [0.25, 0.3) is 5.91 Å². The van der Waals surface area contributed by atoms with Gasteiger partial charge in [-0.2, -0.15) is 0 Å². The van der Waals surface area contributed by atoms with Crippen LogP contribution in [0.1, 0.15) is 10.6 Å². The molecule has 144 valence electrons. The Hall–Kier alpha value is -3.71. The molecule has 1 N–H and O–H groups in total. The quantitative estimate of drug-likeness (QED) is 0.464. The Morgan fingerprint density at radius 1 is 0.931 bits per heavy atom. The number of nitrogens with zero attached hydrogens (tertiary/aromatic N) is 1. The minimum atomic E-state index is -0.691. The van der Waals surface area contributed by atoms with E-state index in [1.165, 1.54) is 23.7 Å². The molecule has 0 saturated carbocycles. The summed E-state index contributed by atoms with van der Waals surface area (Å²) in [6.45, 7) is -0.416. The van der Waals surface area contributed by atoms with E-state index in [2.05, 4.69) is 22.4 Å². The van der Waals surface area contributed by atoms with Crippen molar-refractivity contribution in [1.82, 2.24) is 4.98 Å². The molecular formula is C22H16N2O4S. The fourth-order valence-corrected chi connectivity index (χ4v) is 3.42. The van der Waals surface area contributed by atoms with E-state index in [-0.39, 0.29) is 5.76 Å². The number of nitrogens with one attached hydrogen (secondary N) is 1. The molecule has 29 heavy (non-hydrogen) atoms. The second-order valence-electron chi connectivity index (χ2n) is 6.08. The first-order valence-electron chi connectivity index (χ1n) is 8.81. The molecule has 0 atom stereocenters. The zero-order valence-corrected chi connectivity index (χ0v) is 16.0. The summed E-state index contributed by atoms with van der Waals surface area (Å²) in [5.41, 5.74) is 3.98. The molecule has 7 heteroatoms. The molecule has 2 heterocycles. The molecule has 0 saturated heterocycles. The predicted molar refractivity (Wildman–Crippen MR) is 111 cm³/mol. The summed E-state index contributed by atoms with van der Waals surface area (Å²) in [6.07, 6.45) is 1.36. The lowest BCUT2D eigenvalue weighted by atomic mass is 10.0. The van der Waals surface area contributed by atoms with Crippen LogP contribution in [0.15, 0.2) is 82.8 Å². The van der Waals surface area contributed by atoms with Crippen molar-refractivity contribution in [2.75, 3.05) is 11.9 Å². The Kier molecular flexibility index (Phi) is 5.49. The van der Waals surface area contributed by atoms with E-state index in [0.717, 1.165) is 22.4 Å². The largest absolute Gasteiger partial charge is 0.457 e. The summed E-state index contributed by atoms with van der Waals surface area (Å²) < 4.78 is 9.82. The Labute approximate surface area is 170 Å². The fraction of sp³-hybridized carbons (Fsp3) is 0.0455. The Balaban J connectivity index is 1.35. The highest BCUT2D eigenvalue weighted by Gasteiger charge is 2.14. The van der Waals surface area contributed by atoms with Gasteiger partial charge >= 0.3 is 5.97 Å². The van der Waals surface area contributed by atoms with Crippen LogP contribution >= 0.6 is 11.3 Å².